The molecule has 192 valence electrons. The van der Waals surface area contributed by atoms with Gasteiger partial charge in [0.05, 0.1) is 17.6 Å². The number of rotatable bonds is 1. The summed E-state index contributed by atoms with van der Waals surface area (Å²) in [5, 5.41) is 32.4. The van der Waals surface area contributed by atoms with Gasteiger partial charge in [0.25, 0.3) is 0 Å². The Kier molecular flexibility index (Phi) is 5.36. The van der Waals surface area contributed by atoms with Crippen molar-refractivity contribution in [2.24, 2.45) is 56.7 Å². The molecule has 0 radical (unpaired) electrons. The number of carbonyl (C=O) groups is 1. The molecule has 0 aromatic carbocycles. The Labute approximate surface area is 206 Å². The first-order chi connectivity index (χ1) is 15.7. The molecule has 3 N–H and O–H groups in total. The average molecular weight is 473 g/mol. The molecule has 34 heavy (non-hydrogen) atoms. The number of hydrogen-bond acceptors (Lipinski definition) is 3. The van der Waals surface area contributed by atoms with Crippen LogP contribution in [0.4, 0.5) is 0 Å². The molecule has 4 heteroatoms. The second-order valence-electron chi connectivity index (χ2n) is 14.6. The fourth-order valence-corrected chi connectivity index (χ4v) is 11.0. The van der Waals surface area contributed by atoms with Gasteiger partial charge in [0.1, 0.15) is 0 Å². The number of aliphatic hydroxyl groups excluding tert-OH is 2. The maximum absolute atomic E-state index is 12.8. The van der Waals surface area contributed by atoms with Crippen molar-refractivity contribution in [2.45, 2.75) is 112 Å². The van der Waals surface area contributed by atoms with Crippen molar-refractivity contribution in [3.05, 3.63) is 11.6 Å². The van der Waals surface area contributed by atoms with E-state index in [1.54, 1.807) is 0 Å². The van der Waals surface area contributed by atoms with E-state index in [0.717, 1.165) is 44.9 Å². The zero-order valence-electron chi connectivity index (χ0n) is 22.5. The van der Waals surface area contributed by atoms with E-state index >= 15 is 0 Å². The third kappa shape index (κ3) is 2.76. The molecule has 0 aromatic rings. The Morgan fingerprint density at radius 1 is 0.941 bits per heavy atom. The molecule has 4 saturated carbocycles. The molecule has 0 bridgehead atoms. The fraction of sp³-hybridized carbons (Fsp3) is 0.900. The third-order valence-electron chi connectivity index (χ3n) is 13.4. The van der Waals surface area contributed by atoms with Crippen molar-refractivity contribution < 1.29 is 20.1 Å². The summed E-state index contributed by atoms with van der Waals surface area (Å²) in [5.74, 6) is 1.30. The lowest BCUT2D eigenvalue weighted by Gasteiger charge is -2.71. The molecule has 5 rings (SSSR count). The summed E-state index contributed by atoms with van der Waals surface area (Å²) in [7, 11) is 0. The Morgan fingerprint density at radius 3 is 2.26 bits per heavy atom. The number of aliphatic carboxylic acids is 1. The molecule has 7 unspecified atom stereocenters. The summed E-state index contributed by atoms with van der Waals surface area (Å²) in [4.78, 5) is 12.8. The third-order valence-corrected chi connectivity index (χ3v) is 13.4. The molecule has 4 fully saturated rings. The molecule has 5 aliphatic carbocycles. The van der Waals surface area contributed by atoms with Gasteiger partial charge in [-0.2, -0.15) is 0 Å². The summed E-state index contributed by atoms with van der Waals surface area (Å²) < 4.78 is 0. The fourth-order valence-electron chi connectivity index (χ4n) is 11.0. The molecule has 0 aromatic heterocycles. The first-order valence-corrected chi connectivity index (χ1v) is 14.0. The Balaban J connectivity index is 1.62. The molecule has 0 amide bonds. The van der Waals surface area contributed by atoms with Crippen LogP contribution in [-0.2, 0) is 4.79 Å². The van der Waals surface area contributed by atoms with Crippen LogP contribution in [0.15, 0.2) is 11.6 Å². The largest absolute Gasteiger partial charge is 0.481 e. The van der Waals surface area contributed by atoms with Crippen LogP contribution >= 0.6 is 0 Å². The van der Waals surface area contributed by atoms with Gasteiger partial charge < -0.3 is 15.3 Å². The summed E-state index contributed by atoms with van der Waals surface area (Å²) in [6.45, 7) is 16.3. The highest BCUT2D eigenvalue weighted by Crippen LogP contribution is 2.75. The Morgan fingerprint density at radius 2 is 1.62 bits per heavy atom. The van der Waals surface area contributed by atoms with E-state index < -0.39 is 23.6 Å². The number of allylic oxidation sites excluding steroid dienone is 2. The normalized spacial score (nSPS) is 56.3. The predicted octanol–water partition coefficient (Wildman–Crippen LogP) is 6.06. The van der Waals surface area contributed by atoms with Crippen LogP contribution in [0.1, 0.15) is 99.8 Å². The van der Waals surface area contributed by atoms with Gasteiger partial charge >= 0.3 is 5.97 Å². The average Bonchev–Trinajstić information content (AvgIpc) is 2.75. The highest BCUT2D eigenvalue weighted by molar-refractivity contribution is 5.76. The lowest BCUT2D eigenvalue weighted by atomic mass is 9.33. The first kappa shape index (κ1) is 24.8. The van der Waals surface area contributed by atoms with Crippen molar-refractivity contribution in [3.63, 3.8) is 0 Å². The van der Waals surface area contributed by atoms with Crippen LogP contribution < -0.4 is 0 Å². The van der Waals surface area contributed by atoms with E-state index in [1.165, 1.54) is 5.57 Å². The van der Waals surface area contributed by atoms with Crippen LogP contribution in [0.3, 0.4) is 0 Å². The van der Waals surface area contributed by atoms with Gasteiger partial charge in [0, 0.05) is 0 Å². The number of carboxylic acid groups (broad SMARTS) is 1. The minimum atomic E-state index is -0.679. The SMILES string of the molecule is CC1CC[C@]2(C(=O)O)CC[C@]3(C)C(=CCC4[C@@]5(C)CC(O)C(O)C(C)(C)C5CC[C@]43C)C2C1C. The number of fused-ring (bicyclic) bond motifs is 7. The topological polar surface area (TPSA) is 77.8 Å². The van der Waals surface area contributed by atoms with E-state index in [2.05, 4.69) is 54.5 Å². The molecule has 0 heterocycles. The summed E-state index contributed by atoms with van der Waals surface area (Å²) in [6, 6.07) is 0. The summed E-state index contributed by atoms with van der Waals surface area (Å²) in [6.07, 6.45) is 8.53. The smallest absolute Gasteiger partial charge is 0.310 e. The number of carboxylic acids is 1. The van der Waals surface area contributed by atoms with Crippen molar-refractivity contribution in [3.8, 4) is 0 Å². The van der Waals surface area contributed by atoms with Crippen molar-refractivity contribution in [2.75, 3.05) is 0 Å². The van der Waals surface area contributed by atoms with Gasteiger partial charge in [-0.05, 0) is 103 Å². The van der Waals surface area contributed by atoms with E-state index in [0.29, 0.717) is 30.1 Å². The molecule has 0 aliphatic heterocycles. The molecule has 0 saturated heterocycles. The lowest BCUT2D eigenvalue weighted by molar-refractivity contribution is -0.232. The van der Waals surface area contributed by atoms with E-state index in [-0.39, 0.29) is 27.6 Å². The predicted molar refractivity (Wildman–Crippen MR) is 134 cm³/mol. The van der Waals surface area contributed by atoms with Crippen LogP contribution in [-0.4, -0.2) is 33.5 Å². The van der Waals surface area contributed by atoms with E-state index in [4.69, 9.17) is 0 Å². The second-order valence-corrected chi connectivity index (χ2v) is 14.6. The molecule has 5 aliphatic rings. The zero-order chi connectivity index (χ0) is 25.1. The van der Waals surface area contributed by atoms with Crippen LogP contribution in [0.25, 0.3) is 0 Å². The van der Waals surface area contributed by atoms with Crippen LogP contribution in [0, 0.1) is 56.7 Å². The first-order valence-electron chi connectivity index (χ1n) is 14.0. The van der Waals surface area contributed by atoms with Crippen LogP contribution in [0.2, 0.25) is 0 Å². The van der Waals surface area contributed by atoms with E-state index in [9.17, 15) is 20.1 Å². The lowest BCUT2D eigenvalue weighted by Crippen LogP contribution is -2.67. The molecular formula is C30H48O4. The highest BCUT2D eigenvalue weighted by Gasteiger charge is 2.70. The van der Waals surface area contributed by atoms with Gasteiger partial charge in [0.15, 0.2) is 0 Å². The van der Waals surface area contributed by atoms with Gasteiger partial charge in [-0.15, -0.1) is 0 Å². The Hall–Kier alpha value is -0.870. The maximum atomic E-state index is 12.8. The van der Waals surface area contributed by atoms with Gasteiger partial charge in [0.2, 0.25) is 0 Å². The molecule has 4 nitrogen and oxygen atoms in total. The minimum Gasteiger partial charge on any atom is -0.481 e. The van der Waals surface area contributed by atoms with Crippen molar-refractivity contribution in [1.82, 2.24) is 0 Å². The van der Waals surface area contributed by atoms with Gasteiger partial charge in [-0.25, -0.2) is 0 Å². The van der Waals surface area contributed by atoms with Gasteiger partial charge in [-0.3, -0.25) is 4.79 Å². The number of aliphatic hydroxyl groups is 2. The molecular weight excluding hydrogens is 424 g/mol. The zero-order valence-corrected chi connectivity index (χ0v) is 22.5. The van der Waals surface area contributed by atoms with Crippen molar-refractivity contribution in [1.29, 1.82) is 0 Å². The van der Waals surface area contributed by atoms with Gasteiger partial charge in [-0.1, -0.05) is 60.1 Å². The molecule has 0 spiro atoms. The Bertz CT molecular complexity index is 907. The summed E-state index contributed by atoms with van der Waals surface area (Å²) >= 11 is 0. The highest BCUT2D eigenvalue weighted by atomic mass is 16.4. The second kappa shape index (κ2) is 7.34. The standard InChI is InChI=1S/C30H48O4/c1-17-10-13-30(25(33)34)15-14-28(6)19(23(30)18(17)2)8-9-22-27(5)16-20(31)24(32)26(3,4)21(27)11-12-29(22,28)7/h8,17-18,20-24,31-32H,9-16H2,1-7H3,(H,33,34)/t17?,18?,20?,21?,22?,23?,24?,27-,28+,29+,30-/m0/s1. The quantitative estimate of drug-likeness (QED) is 0.405. The maximum Gasteiger partial charge on any atom is 0.310 e. The molecule has 11 atom stereocenters. The summed E-state index contributed by atoms with van der Waals surface area (Å²) in [5.41, 5.74) is 0.574. The van der Waals surface area contributed by atoms with Crippen molar-refractivity contribution >= 4 is 5.97 Å². The minimum absolute atomic E-state index is 0.00993. The van der Waals surface area contributed by atoms with Crippen LogP contribution in [0.5, 0.6) is 0 Å². The number of hydrogen-bond donors (Lipinski definition) is 3. The monoisotopic (exact) mass is 472 g/mol. The van der Waals surface area contributed by atoms with E-state index in [1.807, 2.05) is 0 Å².